The highest BCUT2D eigenvalue weighted by molar-refractivity contribution is 7.16. The molecule has 6 heteroatoms. The summed E-state index contributed by atoms with van der Waals surface area (Å²) >= 11 is 7.60. The third kappa shape index (κ3) is 4.54. The van der Waals surface area contributed by atoms with Crippen molar-refractivity contribution in [3.63, 3.8) is 0 Å². The fourth-order valence-corrected chi connectivity index (χ4v) is 3.42. The number of nitrogens with zero attached hydrogens (tertiary/aromatic N) is 2. The lowest BCUT2D eigenvalue weighted by Gasteiger charge is -2.06. The molecular weight excluding hydrogens is 306 g/mol. The topological polar surface area (TPSA) is 39.1 Å². The van der Waals surface area contributed by atoms with Crippen LogP contribution in [0.15, 0.2) is 12.1 Å². The molecule has 21 heavy (non-hydrogen) atoms. The second-order valence-electron chi connectivity index (χ2n) is 5.01. The monoisotopic (exact) mass is 327 g/mol. The summed E-state index contributed by atoms with van der Waals surface area (Å²) in [7, 11) is 1.72. The first-order valence-electron chi connectivity index (χ1n) is 7.08. The highest BCUT2D eigenvalue weighted by Crippen LogP contribution is 2.23. The number of rotatable bonds is 8. The van der Waals surface area contributed by atoms with Gasteiger partial charge in [0.15, 0.2) is 0 Å². The third-order valence-corrected chi connectivity index (χ3v) is 4.72. The van der Waals surface area contributed by atoms with Crippen molar-refractivity contribution in [2.75, 3.05) is 26.8 Å². The predicted molar refractivity (Wildman–Crippen MR) is 88.6 cm³/mol. The summed E-state index contributed by atoms with van der Waals surface area (Å²) in [5.74, 6) is 0. The number of hydrogen-bond donors (Lipinski definition) is 1. The number of methoxy groups -OCH3 is 1. The van der Waals surface area contributed by atoms with Gasteiger partial charge in [0, 0.05) is 24.2 Å². The minimum absolute atomic E-state index is 0.746. The Labute approximate surface area is 135 Å². The second kappa shape index (κ2) is 7.94. The molecule has 0 aliphatic carbocycles. The van der Waals surface area contributed by atoms with Gasteiger partial charge in [-0.1, -0.05) is 11.6 Å². The average molecular weight is 328 g/mol. The van der Waals surface area contributed by atoms with Gasteiger partial charge in [-0.3, -0.25) is 4.68 Å². The fraction of sp³-hybridized carbons (Fsp3) is 0.533. The van der Waals surface area contributed by atoms with Gasteiger partial charge in [-0.2, -0.15) is 5.10 Å². The Morgan fingerprint density at radius 1 is 1.33 bits per heavy atom. The number of nitrogens with one attached hydrogen (secondary N) is 1. The Hall–Kier alpha value is -0.880. The number of halogens is 1. The number of aryl methyl sites for hydroxylation is 1. The van der Waals surface area contributed by atoms with Crippen LogP contribution in [-0.4, -0.2) is 36.6 Å². The highest BCUT2D eigenvalue weighted by Gasteiger charge is 2.12. The van der Waals surface area contributed by atoms with Gasteiger partial charge in [0.2, 0.25) is 0 Å². The average Bonchev–Trinajstić information content (AvgIpc) is 2.96. The Morgan fingerprint density at radius 2 is 2.14 bits per heavy atom. The number of aromatic nitrogens is 2. The van der Waals surface area contributed by atoms with Crippen LogP contribution in [0.3, 0.4) is 0 Å². The standard InChI is InChI=1S/C15H22ClN3OS/c1-11-14(6-7-17-8-9-20-3)12(2)19(18-11)10-13-4-5-15(16)21-13/h4-5,17H,6-10H2,1-3H3. The van der Waals surface area contributed by atoms with Crippen LogP contribution < -0.4 is 5.32 Å². The van der Waals surface area contributed by atoms with Gasteiger partial charge in [0.1, 0.15) is 0 Å². The molecule has 0 atom stereocenters. The summed E-state index contributed by atoms with van der Waals surface area (Å²) in [5, 5.41) is 8.03. The van der Waals surface area contributed by atoms with E-state index in [9.17, 15) is 0 Å². The Balaban J connectivity index is 1.96. The van der Waals surface area contributed by atoms with Gasteiger partial charge >= 0.3 is 0 Å². The van der Waals surface area contributed by atoms with E-state index in [2.05, 4.69) is 35.0 Å². The summed E-state index contributed by atoms with van der Waals surface area (Å²) < 4.78 is 7.92. The molecule has 0 aromatic carbocycles. The van der Waals surface area contributed by atoms with E-state index in [0.717, 1.165) is 42.7 Å². The Kier molecular flexibility index (Phi) is 6.23. The molecule has 2 aromatic heterocycles. The van der Waals surface area contributed by atoms with Gasteiger partial charge < -0.3 is 10.1 Å². The maximum Gasteiger partial charge on any atom is 0.0931 e. The lowest BCUT2D eigenvalue weighted by atomic mass is 10.1. The van der Waals surface area contributed by atoms with E-state index in [1.54, 1.807) is 18.4 Å². The Bertz CT molecular complexity index is 579. The van der Waals surface area contributed by atoms with Gasteiger partial charge in [0.25, 0.3) is 0 Å². The zero-order valence-electron chi connectivity index (χ0n) is 12.8. The Morgan fingerprint density at radius 3 is 2.81 bits per heavy atom. The summed E-state index contributed by atoms with van der Waals surface area (Å²) in [4.78, 5) is 1.23. The molecule has 116 valence electrons. The molecule has 0 spiro atoms. The van der Waals surface area contributed by atoms with E-state index in [-0.39, 0.29) is 0 Å². The van der Waals surface area contributed by atoms with Crippen molar-refractivity contribution in [1.29, 1.82) is 0 Å². The van der Waals surface area contributed by atoms with Crippen molar-refractivity contribution in [2.45, 2.75) is 26.8 Å². The van der Waals surface area contributed by atoms with Crippen LogP contribution in [-0.2, 0) is 17.7 Å². The van der Waals surface area contributed by atoms with Crippen LogP contribution in [0.2, 0.25) is 4.34 Å². The van der Waals surface area contributed by atoms with E-state index in [1.807, 2.05) is 6.07 Å². The lowest BCUT2D eigenvalue weighted by molar-refractivity contribution is 0.199. The molecule has 2 rings (SSSR count). The van der Waals surface area contributed by atoms with Crippen LogP contribution in [0.4, 0.5) is 0 Å². The molecule has 0 radical (unpaired) electrons. The first kappa shape index (κ1) is 16.5. The van der Waals surface area contributed by atoms with Crippen LogP contribution in [0.25, 0.3) is 0 Å². The van der Waals surface area contributed by atoms with Gasteiger partial charge in [0.05, 0.1) is 23.2 Å². The number of ether oxygens (including phenoxy) is 1. The van der Waals surface area contributed by atoms with Crippen LogP contribution in [0.1, 0.15) is 21.8 Å². The summed E-state index contributed by atoms with van der Waals surface area (Å²) in [6.07, 6.45) is 0.993. The fourth-order valence-electron chi connectivity index (χ4n) is 2.35. The van der Waals surface area contributed by atoms with Crippen molar-refractivity contribution in [2.24, 2.45) is 0 Å². The maximum absolute atomic E-state index is 5.98. The second-order valence-corrected chi connectivity index (χ2v) is 6.81. The van der Waals surface area contributed by atoms with E-state index >= 15 is 0 Å². The maximum atomic E-state index is 5.98. The molecule has 0 saturated carbocycles. The first-order valence-corrected chi connectivity index (χ1v) is 8.28. The minimum atomic E-state index is 0.746. The van der Waals surface area contributed by atoms with E-state index < -0.39 is 0 Å². The number of thiophene rings is 1. The lowest BCUT2D eigenvalue weighted by Crippen LogP contribution is -2.22. The highest BCUT2D eigenvalue weighted by atomic mass is 35.5. The predicted octanol–water partition coefficient (Wildman–Crippen LogP) is 3.04. The molecule has 0 unspecified atom stereocenters. The molecule has 2 aromatic rings. The molecule has 0 saturated heterocycles. The summed E-state index contributed by atoms with van der Waals surface area (Å²) in [5.41, 5.74) is 3.69. The summed E-state index contributed by atoms with van der Waals surface area (Å²) in [6, 6.07) is 4.00. The zero-order valence-corrected chi connectivity index (χ0v) is 14.4. The summed E-state index contributed by atoms with van der Waals surface area (Å²) in [6.45, 7) is 7.59. The van der Waals surface area contributed by atoms with Crippen LogP contribution in [0, 0.1) is 13.8 Å². The molecule has 0 fully saturated rings. The normalized spacial score (nSPS) is 11.2. The SMILES string of the molecule is COCCNCCc1c(C)nn(Cc2ccc(Cl)s2)c1C. The van der Waals surface area contributed by atoms with Crippen molar-refractivity contribution in [1.82, 2.24) is 15.1 Å². The van der Waals surface area contributed by atoms with Crippen molar-refractivity contribution in [3.05, 3.63) is 38.3 Å². The largest absolute Gasteiger partial charge is 0.383 e. The van der Waals surface area contributed by atoms with Crippen molar-refractivity contribution >= 4 is 22.9 Å². The number of hydrogen-bond acceptors (Lipinski definition) is 4. The van der Waals surface area contributed by atoms with E-state index in [1.165, 1.54) is 16.1 Å². The van der Waals surface area contributed by atoms with Crippen molar-refractivity contribution in [3.8, 4) is 0 Å². The molecule has 0 aliphatic heterocycles. The van der Waals surface area contributed by atoms with Gasteiger partial charge in [-0.15, -0.1) is 11.3 Å². The molecule has 2 heterocycles. The minimum Gasteiger partial charge on any atom is -0.383 e. The van der Waals surface area contributed by atoms with Crippen molar-refractivity contribution < 1.29 is 4.74 Å². The molecule has 0 aliphatic rings. The van der Waals surface area contributed by atoms with Gasteiger partial charge in [-0.05, 0) is 44.5 Å². The third-order valence-electron chi connectivity index (χ3n) is 3.50. The van der Waals surface area contributed by atoms with Gasteiger partial charge in [-0.25, -0.2) is 0 Å². The quantitative estimate of drug-likeness (QED) is 0.757. The molecule has 0 amide bonds. The molecule has 0 bridgehead atoms. The van der Waals surface area contributed by atoms with E-state index in [0.29, 0.717) is 0 Å². The van der Waals surface area contributed by atoms with E-state index in [4.69, 9.17) is 16.3 Å². The zero-order chi connectivity index (χ0) is 15.2. The van der Waals surface area contributed by atoms with Crippen LogP contribution in [0.5, 0.6) is 0 Å². The molecule has 1 N–H and O–H groups in total. The van der Waals surface area contributed by atoms with Crippen LogP contribution >= 0.6 is 22.9 Å². The molecule has 4 nitrogen and oxygen atoms in total. The first-order chi connectivity index (χ1) is 10.1. The molecular formula is C15H22ClN3OS. The smallest absolute Gasteiger partial charge is 0.0931 e.